The third-order valence-electron chi connectivity index (χ3n) is 5.49. The molecule has 3 aromatic carbocycles. The van der Waals surface area contributed by atoms with E-state index in [2.05, 4.69) is 68.5 Å². The average molecular weight is 327 g/mol. The third kappa shape index (κ3) is 2.74. The molecule has 0 heterocycles. The van der Waals surface area contributed by atoms with Crippen LogP contribution in [0.15, 0.2) is 54.6 Å². The molecule has 1 unspecified atom stereocenters. The fraction of sp³-hybridized carbons (Fsp3) is 0.250. The number of nitrogen functional groups attached to an aromatic ring is 1. The highest BCUT2D eigenvalue weighted by molar-refractivity contribution is 5.91. The van der Waals surface area contributed by atoms with Crippen LogP contribution in [-0.4, -0.2) is 0 Å². The number of benzene rings is 3. The zero-order valence-electron chi connectivity index (χ0n) is 15.0. The maximum absolute atomic E-state index is 6.24. The highest BCUT2D eigenvalue weighted by atomic mass is 14.5. The molecule has 0 saturated heterocycles. The van der Waals surface area contributed by atoms with E-state index in [1.165, 1.54) is 37.9 Å². The highest BCUT2D eigenvalue weighted by Gasteiger charge is 2.24. The van der Waals surface area contributed by atoms with Gasteiger partial charge in [-0.25, -0.2) is 0 Å². The minimum Gasteiger partial charge on any atom is -0.398 e. The molecule has 0 bridgehead atoms. The van der Waals surface area contributed by atoms with Gasteiger partial charge in [-0.1, -0.05) is 67.1 Å². The van der Waals surface area contributed by atoms with Crippen LogP contribution in [0.3, 0.4) is 0 Å². The third-order valence-corrected chi connectivity index (χ3v) is 5.49. The van der Waals surface area contributed by atoms with E-state index in [0.29, 0.717) is 5.92 Å². The molecule has 0 radical (unpaired) electrons. The van der Waals surface area contributed by atoms with Crippen LogP contribution in [0.2, 0.25) is 0 Å². The lowest BCUT2D eigenvalue weighted by atomic mass is 9.92. The molecule has 25 heavy (non-hydrogen) atoms. The van der Waals surface area contributed by atoms with Crippen LogP contribution in [0.4, 0.5) is 5.69 Å². The van der Waals surface area contributed by atoms with Crippen LogP contribution in [0.1, 0.15) is 43.7 Å². The molecule has 1 aliphatic rings. The second-order valence-corrected chi connectivity index (χ2v) is 7.17. The molecule has 1 atom stereocenters. The second kappa shape index (κ2) is 6.40. The second-order valence-electron chi connectivity index (χ2n) is 7.17. The van der Waals surface area contributed by atoms with Crippen LogP contribution in [0, 0.1) is 0 Å². The van der Waals surface area contributed by atoms with Gasteiger partial charge in [0, 0.05) is 10.9 Å². The molecule has 126 valence electrons. The number of hydrogen-bond acceptors (Lipinski definition) is 1. The first kappa shape index (κ1) is 16.0. The first-order valence-corrected chi connectivity index (χ1v) is 9.24. The molecular weight excluding hydrogens is 302 g/mol. The van der Waals surface area contributed by atoms with E-state index in [1.54, 1.807) is 0 Å². The summed E-state index contributed by atoms with van der Waals surface area (Å²) >= 11 is 0. The summed E-state index contributed by atoms with van der Waals surface area (Å²) in [5.41, 5.74) is 11.6. The summed E-state index contributed by atoms with van der Waals surface area (Å²) in [6.45, 7) is 4.44. The number of hydrogen-bond donors (Lipinski definition) is 1. The Morgan fingerprint density at radius 3 is 2.64 bits per heavy atom. The first-order chi connectivity index (χ1) is 12.2. The van der Waals surface area contributed by atoms with E-state index >= 15 is 0 Å². The number of anilines is 1. The highest BCUT2D eigenvalue weighted by Crippen LogP contribution is 2.41. The lowest BCUT2D eigenvalue weighted by Crippen LogP contribution is -2.29. The fourth-order valence-corrected chi connectivity index (χ4v) is 4.38. The molecule has 0 amide bonds. The molecule has 0 aliphatic heterocycles. The van der Waals surface area contributed by atoms with Gasteiger partial charge in [0.1, 0.15) is 0 Å². The minimum atomic E-state index is 0.567. The molecule has 1 nitrogen and oxygen atoms in total. The molecule has 1 aliphatic carbocycles. The Morgan fingerprint density at radius 1 is 1.08 bits per heavy atom. The standard InChI is InChI=1S/C24H25N/c1-3-7-22-20(11-6-13-23(22)25)16(2)14-19-15-18-10-4-8-17-9-5-12-21(19)24(17)18/h4-13,19H,3,14-15,25H2,1-2H3/b20-16+,22-7+. The lowest BCUT2D eigenvalue weighted by Gasteiger charge is -2.13. The predicted molar refractivity (Wildman–Crippen MR) is 109 cm³/mol. The van der Waals surface area contributed by atoms with Gasteiger partial charge in [0.2, 0.25) is 0 Å². The maximum Gasteiger partial charge on any atom is 0.0390 e. The maximum atomic E-state index is 6.24. The monoisotopic (exact) mass is 327 g/mol. The fourth-order valence-electron chi connectivity index (χ4n) is 4.38. The summed E-state index contributed by atoms with van der Waals surface area (Å²) in [7, 11) is 0. The number of rotatable bonds is 3. The van der Waals surface area contributed by atoms with Crippen molar-refractivity contribution in [2.45, 2.75) is 39.0 Å². The average Bonchev–Trinajstić information content (AvgIpc) is 2.97. The van der Waals surface area contributed by atoms with Gasteiger partial charge in [0.15, 0.2) is 0 Å². The number of nitrogens with two attached hydrogens (primary N) is 1. The van der Waals surface area contributed by atoms with Crippen molar-refractivity contribution >= 4 is 28.1 Å². The van der Waals surface area contributed by atoms with Crippen molar-refractivity contribution in [3.05, 3.63) is 76.2 Å². The van der Waals surface area contributed by atoms with Crippen molar-refractivity contribution in [3.8, 4) is 0 Å². The van der Waals surface area contributed by atoms with Gasteiger partial charge >= 0.3 is 0 Å². The molecule has 3 aromatic rings. The van der Waals surface area contributed by atoms with Crippen LogP contribution >= 0.6 is 0 Å². The molecule has 4 rings (SSSR count). The zero-order valence-corrected chi connectivity index (χ0v) is 15.0. The molecule has 0 saturated carbocycles. The Bertz CT molecular complexity index is 1050. The summed E-state index contributed by atoms with van der Waals surface area (Å²) in [5, 5.41) is 5.37. The van der Waals surface area contributed by atoms with Gasteiger partial charge in [0.25, 0.3) is 0 Å². The van der Waals surface area contributed by atoms with Gasteiger partial charge in [-0.15, -0.1) is 0 Å². The van der Waals surface area contributed by atoms with Crippen LogP contribution in [0.25, 0.3) is 22.4 Å². The van der Waals surface area contributed by atoms with E-state index in [9.17, 15) is 0 Å². The van der Waals surface area contributed by atoms with Crippen molar-refractivity contribution in [3.63, 3.8) is 0 Å². The van der Waals surface area contributed by atoms with Crippen molar-refractivity contribution in [2.75, 3.05) is 5.73 Å². The SMILES string of the molecule is CC/C=c1/c(N)ccc/c1=C(/C)CC1Cc2cccc3cccc1c23. The van der Waals surface area contributed by atoms with E-state index < -0.39 is 0 Å². The summed E-state index contributed by atoms with van der Waals surface area (Å²) in [6, 6.07) is 19.7. The van der Waals surface area contributed by atoms with Gasteiger partial charge in [-0.05, 0) is 65.3 Å². The molecule has 1 heteroatoms. The largest absolute Gasteiger partial charge is 0.398 e. The van der Waals surface area contributed by atoms with E-state index in [-0.39, 0.29) is 0 Å². The quantitative estimate of drug-likeness (QED) is 0.704. The molecule has 0 spiro atoms. The lowest BCUT2D eigenvalue weighted by molar-refractivity contribution is 0.731. The molecule has 0 fully saturated rings. The van der Waals surface area contributed by atoms with Crippen LogP contribution in [-0.2, 0) is 6.42 Å². The zero-order chi connectivity index (χ0) is 17.4. The van der Waals surface area contributed by atoms with E-state index in [0.717, 1.165) is 24.9 Å². The predicted octanol–water partition coefficient (Wildman–Crippen LogP) is 4.51. The van der Waals surface area contributed by atoms with Crippen molar-refractivity contribution in [2.24, 2.45) is 0 Å². The van der Waals surface area contributed by atoms with E-state index in [4.69, 9.17) is 5.73 Å². The first-order valence-electron chi connectivity index (χ1n) is 9.24. The molecule has 2 N–H and O–H groups in total. The van der Waals surface area contributed by atoms with Gasteiger partial charge in [-0.3, -0.25) is 0 Å². The molecular formula is C24H25N. The van der Waals surface area contributed by atoms with Crippen LogP contribution < -0.4 is 16.2 Å². The summed E-state index contributed by atoms with van der Waals surface area (Å²) in [4.78, 5) is 0. The summed E-state index contributed by atoms with van der Waals surface area (Å²) in [5.74, 6) is 0.567. The normalized spacial score (nSPS) is 18.0. The Morgan fingerprint density at radius 2 is 1.84 bits per heavy atom. The summed E-state index contributed by atoms with van der Waals surface area (Å²) < 4.78 is 0. The minimum absolute atomic E-state index is 0.567. The Hall–Kier alpha value is -2.54. The smallest absolute Gasteiger partial charge is 0.0390 e. The van der Waals surface area contributed by atoms with Gasteiger partial charge in [0.05, 0.1) is 0 Å². The van der Waals surface area contributed by atoms with Crippen molar-refractivity contribution in [1.82, 2.24) is 0 Å². The van der Waals surface area contributed by atoms with E-state index in [1.807, 2.05) is 6.07 Å². The topological polar surface area (TPSA) is 26.0 Å². The Kier molecular flexibility index (Phi) is 4.09. The Balaban J connectivity index is 1.80. The Labute approximate surface area is 149 Å². The van der Waals surface area contributed by atoms with Gasteiger partial charge < -0.3 is 5.73 Å². The van der Waals surface area contributed by atoms with Gasteiger partial charge in [-0.2, -0.15) is 0 Å². The molecule has 0 aromatic heterocycles. The summed E-state index contributed by atoms with van der Waals surface area (Å²) in [6.07, 6.45) is 5.48. The van der Waals surface area contributed by atoms with Crippen LogP contribution in [0.5, 0.6) is 0 Å². The van der Waals surface area contributed by atoms with Crippen molar-refractivity contribution in [1.29, 1.82) is 0 Å². The van der Waals surface area contributed by atoms with Crippen molar-refractivity contribution < 1.29 is 0 Å².